The molecule has 0 aromatic heterocycles. The molecule has 0 radical (unpaired) electrons. The Hall–Kier alpha value is -0.120. The van der Waals surface area contributed by atoms with Gasteiger partial charge in [-0.05, 0) is 26.7 Å². The molecule has 0 spiro atoms. The summed E-state index contributed by atoms with van der Waals surface area (Å²) in [5.41, 5.74) is 5.06. The van der Waals surface area contributed by atoms with Crippen LogP contribution in [-0.2, 0) is 4.74 Å². The van der Waals surface area contributed by atoms with Crippen molar-refractivity contribution in [3.05, 3.63) is 0 Å². The van der Waals surface area contributed by atoms with E-state index >= 15 is 0 Å². The molecule has 100 valence electrons. The summed E-state index contributed by atoms with van der Waals surface area (Å²) in [6.07, 6.45) is 8.62. The van der Waals surface area contributed by atoms with Gasteiger partial charge in [-0.2, -0.15) is 0 Å². The highest BCUT2D eigenvalue weighted by molar-refractivity contribution is 5.09. The van der Waals surface area contributed by atoms with Crippen molar-refractivity contribution in [3.8, 4) is 0 Å². The van der Waals surface area contributed by atoms with Crippen LogP contribution in [0.2, 0.25) is 0 Å². The summed E-state index contributed by atoms with van der Waals surface area (Å²) in [6.45, 7) is 4.48. The third-order valence-corrected chi connectivity index (χ3v) is 4.59. The van der Waals surface area contributed by atoms with Gasteiger partial charge in [-0.25, -0.2) is 0 Å². The van der Waals surface area contributed by atoms with Gasteiger partial charge in [-0.3, -0.25) is 0 Å². The quantitative estimate of drug-likeness (QED) is 0.741. The van der Waals surface area contributed by atoms with Gasteiger partial charge >= 0.3 is 0 Å². The SMILES string of the molecule is CC1(C)CC(O)(C2(N)CCCCCCC2)CO1. The highest BCUT2D eigenvalue weighted by Crippen LogP contribution is 2.43. The van der Waals surface area contributed by atoms with Gasteiger partial charge in [0.1, 0.15) is 5.60 Å². The standard InChI is InChI=1S/C14H27NO2/c1-12(2)10-14(16,11-17-12)13(15)8-6-4-3-5-7-9-13/h16H,3-11,15H2,1-2H3. The number of rotatable bonds is 1. The minimum absolute atomic E-state index is 0.233. The first kappa shape index (κ1) is 13.3. The predicted molar refractivity (Wildman–Crippen MR) is 68.8 cm³/mol. The molecule has 17 heavy (non-hydrogen) atoms. The van der Waals surface area contributed by atoms with Crippen molar-refractivity contribution in [1.29, 1.82) is 0 Å². The Morgan fingerprint density at radius 3 is 2.00 bits per heavy atom. The van der Waals surface area contributed by atoms with Crippen molar-refractivity contribution in [2.45, 2.75) is 82.0 Å². The Labute approximate surface area is 105 Å². The Morgan fingerprint density at radius 1 is 1.00 bits per heavy atom. The van der Waals surface area contributed by atoms with Gasteiger partial charge in [0.25, 0.3) is 0 Å². The van der Waals surface area contributed by atoms with Gasteiger partial charge in [0.2, 0.25) is 0 Å². The van der Waals surface area contributed by atoms with E-state index in [0.717, 1.165) is 25.7 Å². The molecule has 3 N–H and O–H groups in total. The normalized spacial score (nSPS) is 37.4. The van der Waals surface area contributed by atoms with E-state index in [1.165, 1.54) is 19.3 Å². The van der Waals surface area contributed by atoms with E-state index in [-0.39, 0.29) is 5.60 Å². The van der Waals surface area contributed by atoms with Gasteiger partial charge in [-0.1, -0.05) is 32.1 Å². The van der Waals surface area contributed by atoms with Crippen molar-refractivity contribution in [2.24, 2.45) is 5.73 Å². The van der Waals surface area contributed by atoms with E-state index < -0.39 is 11.1 Å². The fourth-order valence-corrected chi connectivity index (χ4v) is 3.44. The Morgan fingerprint density at radius 2 is 1.53 bits per heavy atom. The Bertz CT molecular complexity index is 269. The maximum Gasteiger partial charge on any atom is 0.109 e. The molecule has 0 aromatic rings. The molecule has 2 fully saturated rings. The molecular weight excluding hydrogens is 214 g/mol. The van der Waals surface area contributed by atoms with Crippen LogP contribution < -0.4 is 5.73 Å². The van der Waals surface area contributed by atoms with Crippen LogP contribution in [0.5, 0.6) is 0 Å². The second-order valence-corrected chi connectivity index (χ2v) is 6.68. The molecule has 3 heteroatoms. The molecule has 1 atom stereocenters. The number of ether oxygens (including phenoxy) is 1. The van der Waals surface area contributed by atoms with Crippen molar-refractivity contribution in [3.63, 3.8) is 0 Å². The first-order valence-corrected chi connectivity index (χ1v) is 7.02. The van der Waals surface area contributed by atoms with E-state index in [4.69, 9.17) is 10.5 Å². The second-order valence-electron chi connectivity index (χ2n) is 6.68. The molecule has 0 aromatic carbocycles. The zero-order valence-corrected chi connectivity index (χ0v) is 11.3. The van der Waals surface area contributed by atoms with Gasteiger partial charge in [0.15, 0.2) is 0 Å². The first-order chi connectivity index (χ1) is 7.87. The van der Waals surface area contributed by atoms with Crippen LogP contribution in [0, 0.1) is 0 Å². The Kier molecular flexibility index (Phi) is 3.54. The zero-order valence-electron chi connectivity index (χ0n) is 11.3. The van der Waals surface area contributed by atoms with Gasteiger partial charge in [0.05, 0.1) is 12.2 Å². The minimum atomic E-state index is -0.826. The topological polar surface area (TPSA) is 55.5 Å². The van der Waals surface area contributed by atoms with Gasteiger partial charge in [0, 0.05) is 12.0 Å². The van der Waals surface area contributed by atoms with Gasteiger partial charge < -0.3 is 15.6 Å². The van der Waals surface area contributed by atoms with E-state index in [2.05, 4.69) is 0 Å². The molecule has 0 bridgehead atoms. The number of hydrogen-bond donors (Lipinski definition) is 2. The molecule has 1 aliphatic carbocycles. The fraction of sp³-hybridized carbons (Fsp3) is 1.00. The molecule has 1 unspecified atom stereocenters. The van der Waals surface area contributed by atoms with Crippen molar-refractivity contribution >= 4 is 0 Å². The summed E-state index contributed by atoms with van der Waals surface area (Å²) in [5.74, 6) is 0. The summed E-state index contributed by atoms with van der Waals surface area (Å²) in [5, 5.41) is 10.9. The second kappa shape index (κ2) is 4.52. The fourth-order valence-electron chi connectivity index (χ4n) is 3.44. The van der Waals surface area contributed by atoms with E-state index in [9.17, 15) is 5.11 Å². The largest absolute Gasteiger partial charge is 0.385 e. The maximum absolute atomic E-state index is 10.9. The molecule has 1 saturated carbocycles. The smallest absolute Gasteiger partial charge is 0.109 e. The van der Waals surface area contributed by atoms with Crippen molar-refractivity contribution in [1.82, 2.24) is 0 Å². The minimum Gasteiger partial charge on any atom is -0.385 e. The average Bonchev–Trinajstić information content (AvgIpc) is 2.49. The van der Waals surface area contributed by atoms with E-state index in [1.807, 2.05) is 13.8 Å². The van der Waals surface area contributed by atoms with Crippen LogP contribution in [-0.4, -0.2) is 28.5 Å². The summed E-state index contributed by atoms with van der Waals surface area (Å²) >= 11 is 0. The van der Waals surface area contributed by atoms with Crippen LogP contribution >= 0.6 is 0 Å². The number of nitrogens with two attached hydrogens (primary N) is 1. The van der Waals surface area contributed by atoms with E-state index in [1.54, 1.807) is 0 Å². The maximum atomic E-state index is 10.9. The van der Waals surface area contributed by atoms with Crippen LogP contribution in [0.1, 0.15) is 65.2 Å². The summed E-state index contributed by atoms with van der Waals surface area (Å²) in [7, 11) is 0. The highest BCUT2D eigenvalue weighted by atomic mass is 16.5. The van der Waals surface area contributed by atoms with E-state index in [0.29, 0.717) is 13.0 Å². The summed E-state index contributed by atoms with van der Waals surface area (Å²) in [6, 6.07) is 0. The molecule has 0 amide bonds. The van der Waals surface area contributed by atoms with Crippen molar-refractivity contribution < 1.29 is 9.84 Å². The summed E-state index contributed by atoms with van der Waals surface area (Å²) < 4.78 is 5.72. The number of hydrogen-bond acceptors (Lipinski definition) is 3. The van der Waals surface area contributed by atoms with Gasteiger partial charge in [-0.15, -0.1) is 0 Å². The lowest BCUT2D eigenvalue weighted by Gasteiger charge is -2.43. The monoisotopic (exact) mass is 241 g/mol. The first-order valence-electron chi connectivity index (χ1n) is 7.02. The molecule has 1 aliphatic heterocycles. The molecule has 3 nitrogen and oxygen atoms in total. The van der Waals surface area contributed by atoms with Crippen LogP contribution in [0.4, 0.5) is 0 Å². The predicted octanol–water partition coefficient (Wildman–Crippen LogP) is 2.36. The van der Waals surface area contributed by atoms with Crippen molar-refractivity contribution in [2.75, 3.05) is 6.61 Å². The Balaban J connectivity index is 2.12. The third kappa shape index (κ3) is 2.67. The molecule has 2 aliphatic rings. The molecular formula is C14H27NO2. The average molecular weight is 241 g/mol. The van der Waals surface area contributed by atoms with Crippen LogP contribution in [0.15, 0.2) is 0 Å². The lowest BCUT2D eigenvalue weighted by atomic mass is 9.70. The van der Waals surface area contributed by atoms with Crippen LogP contribution in [0.3, 0.4) is 0 Å². The summed E-state index contributed by atoms with van der Waals surface area (Å²) in [4.78, 5) is 0. The number of aliphatic hydroxyl groups is 1. The molecule has 1 saturated heterocycles. The lowest BCUT2D eigenvalue weighted by Crippen LogP contribution is -2.61. The third-order valence-electron chi connectivity index (χ3n) is 4.59. The highest BCUT2D eigenvalue weighted by Gasteiger charge is 2.54. The van der Waals surface area contributed by atoms with Crippen LogP contribution in [0.25, 0.3) is 0 Å². The molecule has 1 heterocycles. The zero-order chi connectivity index (χ0) is 12.6. The lowest BCUT2D eigenvalue weighted by molar-refractivity contribution is -0.0531. The molecule has 2 rings (SSSR count).